The van der Waals surface area contributed by atoms with Crippen molar-refractivity contribution in [1.82, 2.24) is 5.32 Å². The molecule has 0 aromatic rings. The number of carbonyl (C=O) groups excluding carboxylic acids is 1. The molecule has 1 heterocycles. The van der Waals surface area contributed by atoms with Crippen LogP contribution in [0.25, 0.3) is 0 Å². The normalized spacial score (nSPS) is 25.6. The van der Waals surface area contributed by atoms with Crippen LogP contribution in [0.5, 0.6) is 0 Å². The monoisotopic (exact) mass is 299 g/mol. The highest BCUT2D eigenvalue weighted by molar-refractivity contribution is 5.78. The van der Waals surface area contributed by atoms with Crippen LogP contribution in [0.4, 0.5) is 0 Å². The highest BCUT2D eigenvalue weighted by Gasteiger charge is 2.29. The van der Waals surface area contributed by atoms with Crippen molar-refractivity contribution in [3.8, 4) is 0 Å². The summed E-state index contributed by atoms with van der Waals surface area (Å²) in [6.07, 6.45) is 5.63. The number of carbonyl (C=O) groups is 1. The molecule has 21 heavy (non-hydrogen) atoms. The first kappa shape index (κ1) is 18.4. The number of rotatable bonds is 8. The van der Waals surface area contributed by atoms with Gasteiger partial charge in [0.05, 0.1) is 11.7 Å². The molecule has 0 aromatic carbocycles. The third-order valence-corrected chi connectivity index (χ3v) is 4.25. The number of hydrogen-bond donors (Lipinski definition) is 2. The molecule has 2 N–H and O–H groups in total. The first-order chi connectivity index (χ1) is 9.84. The molecule has 0 aromatic heterocycles. The van der Waals surface area contributed by atoms with Crippen molar-refractivity contribution in [3.63, 3.8) is 0 Å². The minimum atomic E-state index is -0.812. The van der Waals surface area contributed by atoms with Gasteiger partial charge in [0.2, 0.25) is 5.91 Å². The third-order valence-electron chi connectivity index (χ3n) is 4.25. The maximum Gasteiger partial charge on any atom is 0.223 e. The van der Waals surface area contributed by atoms with Gasteiger partial charge >= 0.3 is 0 Å². The van der Waals surface area contributed by atoms with Gasteiger partial charge in [-0.15, -0.1) is 0 Å². The molecule has 1 fully saturated rings. The molecule has 3 unspecified atom stereocenters. The van der Waals surface area contributed by atoms with Crippen LogP contribution in [0, 0.1) is 11.8 Å². The van der Waals surface area contributed by atoms with Gasteiger partial charge in [0.1, 0.15) is 0 Å². The smallest absolute Gasteiger partial charge is 0.223 e. The van der Waals surface area contributed by atoms with Gasteiger partial charge < -0.3 is 15.2 Å². The van der Waals surface area contributed by atoms with Crippen molar-refractivity contribution in [3.05, 3.63) is 0 Å². The zero-order chi connectivity index (χ0) is 15.9. The highest BCUT2D eigenvalue weighted by Crippen LogP contribution is 2.23. The average molecular weight is 299 g/mol. The second kappa shape index (κ2) is 8.74. The van der Waals surface area contributed by atoms with E-state index < -0.39 is 5.60 Å². The van der Waals surface area contributed by atoms with E-state index in [9.17, 15) is 9.90 Å². The number of amides is 1. The van der Waals surface area contributed by atoms with Gasteiger partial charge in [-0.25, -0.2) is 0 Å². The lowest BCUT2D eigenvalue weighted by Gasteiger charge is -2.30. The summed E-state index contributed by atoms with van der Waals surface area (Å²) in [5.74, 6) is 0.679. The molecule has 1 aliphatic heterocycles. The van der Waals surface area contributed by atoms with Crippen LogP contribution in [-0.4, -0.2) is 35.9 Å². The lowest BCUT2D eigenvalue weighted by atomic mass is 9.91. The molecule has 4 heteroatoms. The summed E-state index contributed by atoms with van der Waals surface area (Å²) < 4.78 is 5.68. The Bertz CT molecular complexity index is 313. The summed E-state index contributed by atoms with van der Waals surface area (Å²) in [4.78, 5) is 12.3. The molecule has 0 aliphatic carbocycles. The zero-order valence-corrected chi connectivity index (χ0v) is 14.2. The Hall–Kier alpha value is -0.610. The van der Waals surface area contributed by atoms with E-state index in [2.05, 4.69) is 26.1 Å². The molecule has 0 spiro atoms. The van der Waals surface area contributed by atoms with Crippen molar-refractivity contribution in [1.29, 1.82) is 0 Å². The molecule has 3 atom stereocenters. The van der Waals surface area contributed by atoms with Gasteiger partial charge in [-0.1, -0.05) is 27.2 Å². The van der Waals surface area contributed by atoms with Crippen LogP contribution in [0.1, 0.15) is 66.2 Å². The molecular weight excluding hydrogens is 266 g/mol. The Morgan fingerprint density at radius 1 is 1.48 bits per heavy atom. The Kier molecular flexibility index (Phi) is 7.67. The largest absolute Gasteiger partial charge is 0.388 e. The van der Waals surface area contributed by atoms with Crippen LogP contribution in [0.15, 0.2) is 0 Å². The number of hydrogen-bond acceptors (Lipinski definition) is 3. The summed E-state index contributed by atoms with van der Waals surface area (Å²) in [5, 5.41) is 13.2. The van der Waals surface area contributed by atoms with Crippen molar-refractivity contribution in [2.45, 2.75) is 77.9 Å². The summed E-state index contributed by atoms with van der Waals surface area (Å²) in [7, 11) is 0. The van der Waals surface area contributed by atoms with Gasteiger partial charge in [-0.2, -0.15) is 0 Å². The zero-order valence-electron chi connectivity index (χ0n) is 14.2. The maximum atomic E-state index is 12.3. The van der Waals surface area contributed by atoms with Gasteiger partial charge in [-0.05, 0) is 44.9 Å². The van der Waals surface area contributed by atoms with E-state index in [1.807, 2.05) is 0 Å². The van der Waals surface area contributed by atoms with Crippen molar-refractivity contribution < 1.29 is 14.6 Å². The lowest BCUT2D eigenvalue weighted by Crippen LogP contribution is -2.44. The molecule has 1 amide bonds. The minimum Gasteiger partial charge on any atom is -0.388 e. The quantitative estimate of drug-likeness (QED) is 0.724. The fraction of sp³-hybridized carbons (Fsp3) is 0.941. The van der Waals surface area contributed by atoms with Gasteiger partial charge in [0, 0.05) is 19.1 Å². The lowest BCUT2D eigenvalue weighted by molar-refractivity contribution is -0.131. The van der Waals surface area contributed by atoms with Crippen molar-refractivity contribution >= 4 is 5.91 Å². The molecule has 1 aliphatic rings. The Labute approximate surface area is 129 Å². The van der Waals surface area contributed by atoms with Crippen LogP contribution in [0.2, 0.25) is 0 Å². The van der Waals surface area contributed by atoms with Crippen molar-refractivity contribution in [2.75, 3.05) is 13.2 Å². The summed E-state index contributed by atoms with van der Waals surface area (Å²) in [5.41, 5.74) is -0.812. The number of nitrogens with one attached hydrogen (secondary N) is 1. The second-order valence-corrected chi connectivity index (χ2v) is 7.15. The molecule has 124 valence electrons. The fourth-order valence-electron chi connectivity index (χ4n) is 2.75. The Morgan fingerprint density at radius 3 is 2.81 bits per heavy atom. The minimum absolute atomic E-state index is 0.0381. The molecule has 4 nitrogen and oxygen atoms in total. The van der Waals surface area contributed by atoms with Gasteiger partial charge in [-0.3, -0.25) is 4.79 Å². The molecule has 0 radical (unpaired) electrons. The predicted molar refractivity (Wildman–Crippen MR) is 85.1 cm³/mol. The second-order valence-electron chi connectivity index (χ2n) is 7.15. The molecule has 1 rings (SSSR count). The number of ether oxygens (including phenoxy) is 1. The van der Waals surface area contributed by atoms with E-state index in [-0.39, 0.29) is 17.9 Å². The predicted octanol–water partition coefficient (Wildman–Crippen LogP) is 2.89. The van der Waals surface area contributed by atoms with E-state index in [0.29, 0.717) is 19.1 Å². The van der Waals surface area contributed by atoms with E-state index in [1.54, 1.807) is 6.92 Å². The summed E-state index contributed by atoms with van der Waals surface area (Å²) >= 11 is 0. The maximum absolute atomic E-state index is 12.3. The summed E-state index contributed by atoms with van der Waals surface area (Å²) in [6, 6.07) is 0. The van der Waals surface area contributed by atoms with Crippen LogP contribution >= 0.6 is 0 Å². The van der Waals surface area contributed by atoms with E-state index in [1.165, 1.54) is 0 Å². The highest BCUT2D eigenvalue weighted by atomic mass is 16.5. The Morgan fingerprint density at radius 2 is 2.19 bits per heavy atom. The first-order valence-electron chi connectivity index (χ1n) is 8.45. The SMILES string of the molecule is CCCC1CC(C(=O)NCC(C)(O)CCC(C)C)CCO1. The molecule has 1 saturated heterocycles. The van der Waals surface area contributed by atoms with Gasteiger partial charge in [0.15, 0.2) is 0 Å². The first-order valence-corrected chi connectivity index (χ1v) is 8.45. The topological polar surface area (TPSA) is 58.6 Å². The average Bonchev–Trinajstić information content (AvgIpc) is 2.43. The Balaban J connectivity index is 2.35. The van der Waals surface area contributed by atoms with Gasteiger partial charge in [0.25, 0.3) is 0 Å². The third kappa shape index (κ3) is 7.28. The van der Waals surface area contributed by atoms with Crippen LogP contribution in [-0.2, 0) is 9.53 Å². The molecule has 0 bridgehead atoms. The summed E-state index contributed by atoms with van der Waals surface area (Å²) in [6.45, 7) is 9.24. The van der Waals surface area contributed by atoms with Crippen molar-refractivity contribution in [2.24, 2.45) is 11.8 Å². The molecule has 0 saturated carbocycles. The van der Waals surface area contributed by atoms with E-state index in [4.69, 9.17) is 4.74 Å². The standard InChI is InChI=1S/C17H33NO3/c1-5-6-15-11-14(8-10-21-15)16(19)18-12-17(4,20)9-7-13(2)3/h13-15,20H,5-12H2,1-4H3,(H,18,19). The molecular formula is C17H33NO3. The fourth-order valence-corrected chi connectivity index (χ4v) is 2.75. The number of aliphatic hydroxyl groups is 1. The van der Waals surface area contributed by atoms with E-state index >= 15 is 0 Å². The van der Waals surface area contributed by atoms with Crippen LogP contribution < -0.4 is 5.32 Å². The van der Waals surface area contributed by atoms with E-state index in [0.717, 1.165) is 38.5 Å². The van der Waals surface area contributed by atoms with Crippen LogP contribution in [0.3, 0.4) is 0 Å².